The molecule has 23 heavy (non-hydrogen) atoms. The number of benzene rings is 2. The van der Waals surface area contributed by atoms with Crippen LogP contribution in [0.25, 0.3) is 28.3 Å². The topological polar surface area (TPSA) is 52.3 Å². The molecule has 0 atom stereocenters. The first-order valence-electron chi connectivity index (χ1n) is 7.58. The quantitative estimate of drug-likeness (QED) is 0.529. The van der Waals surface area contributed by atoms with E-state index in [0.717, 1.165) is 35.1 Å². The van der Waals surface area contributed by atoms with Gasteiger partial charge in [0.25, 0.3) is 0 Å². The smallest absolute Gasteiger partial charge is 0.314 e. The maximum Gasteiger partial charge on any atom is 0.314 e. The third kappa shape index (κ3) is 2.75. The van der Waals surface area contributed by atoms with Crippen molar-refractivity contribution in [2.24, 2.45) is 5.92 Å². The van der Waals surface area contributed by atoms with Crippen molar-refractivity contribution in [3.05, 3.63) is 60.7 Å². The number of aromatic nitrogens is 1. The summed E-state index contributed by atoms with van der Waals surface area (Å²) in [6.07, 6.45) is 1.84. The van der Waals surface area contributed by atoms with Crippen LogP contribution >= 0.6 is 0 Å². The third-order valence-electron chi connectivity index (χ3n) is 3.88. The first-order valence-corrected chi connectivity index (χ1v) is 7.58. The van der Waals surface area contributed by atoms with Crippen LogP contribution in [-0.4, -0.2) is 11.0 Å². The summed E-state index contributed by atoms with van der Waals surface area (Å²) in [5, 5.41) is 0. The highest BCUT2D eigenvalue weighted by Crippen LogP contribution is 2.32. The first-order chi connectivity index (χ1) is 11.2. The number of ether oxygens (including phenoxy) is 1. The number of para-hydroxylation sites is 2. The molecule has 114 valence electrons. The van der Waals surface area contributed by atoms with Crippen LogP contribution in [0.1, 0.15) is 18.4 Å². The molecular formula is C19H15NO3. The summed E-state index contributed by atoms with van der Waals surface area (Å²) >= 11 is 0. The Morgan fingerprint density at radius 3 is 2.57 bits per heavy atom. The Balaban J connectivity index is 1.55. The van der Waals surface area contributed by atoms with Crippen molar-refractivity contribution in [2.75, 3.05) is 0 Å². The van der Waals surface area contributed by atoms with E-state index in [9.17, 15) is 4.79 Å². The molecule has 0 radical (unpaired) electrons. The SMILES string of the molecule is C=C(OC(=O)C1CC1)c1ccc(-c2nc3ccccc3o2)cc1. The molecule has 1 aromatic heterocycles. The van der Waals surface area contributed by atoms with Crippen LogP contribution in [0.2, 0.25) is 0 Å². The summed E-state index contributed by atoms with van der Waals surface area (Å²) in [6, 6.07) is 15.1. The van der Waals surface area contributed by atoms with Crippen LogP contribution in [0.3, 0.4) is 0 Å². The van der Waals surface area contributed by atoms with E-state index in [1.807, 2.05) is 48.5 Å². The van der Waals surface area contributed by atoms with Gasteiger partial charge in [-0.15, -0.1) is 0 Å². The maximum atomic E-state index is 11.7. The van der Waals surface area contributed by atoms with E-state index in [0.29, 0.717) is 11.6 Å². The molecule has 0 spiro atoms. The van der Waals surface area contributed by atoms with Gasteiger partial charge in [-0.1, -0.05) is 30.8 Å². The molecule has 0 bridgehead atoms. The Kier molecular flexibility index (Phi) is 3.23. The van der Waals surface area contributed by atoms with Crippen molar-refractivity contribution < 1.29 is 13.9 Å². The number of oxazole rings is 1. The molecule has 4 heteroatoms. The fraction of sp³-hybridized carbons (Fsp3) is 0.158. The lowest BCUT2D eigenvalue weighted by molar-refractivity contribution is -0.138. The molecule has 1 heterocycles. The van der Waals surface area contributed by atoms with Gasteiger partial charge in [0, 0.05) is 11.1 Å². The minimum Gasteiger partial charge on any atom is -0.436 e. The number of hydrogen-bond acceptors (Lipinski definition) is 4. The van der Waals surface area contributed by atoms with Gasteiger partial charge in [-0.25, -0.2) is 4.98 Å². The molecule has 0 unspecified atom stereocenters. The first kappa shape index (κ1) is 13.8. The van der Waals surface area contributed by atoms with E-state index in [-0.39, 0.29) is 11.9 Å². The fourth-order valence-electron chi connectivity index (χ4n) is 2.38. The lowest BCUT2D eigenvalue weighted by Gasteiger charge is -2.07. The zero-order chi connectivity index (χ0) is 15.8. The van der Waals surface area contributed by atoms with Gasteiger partial charge in [0.2, 0.25) is 5.89 Å². The number of rotatable bonds is 4. The molecule has 1 aliphatic rings. The van der Waals surface area contributed by atoms with Crippen LogP contribution in [0.5, 0.6) is 0 Å². The summed E-state index contributed by atoms with van der Waals surface area (Å²) in [5.41, 5.74) is 3.23. The second kappa shape index (κ2) is 5.39. The minimum atomic E-state index is -0.182. The predicted molar refractivity (Wildman–Crippen MR) is 87.3 cm³/mol. The second-order valence-corrected chi connectivity index (χ2v) is 5.68. The molecule has 2 aromatic carbocycles. The summed E-state index contributed by atoms with van der Waals surface area (Å²) in [6.45, 7) is 3.83. The largest absolute Gasteiger partial charge is 0.436 e. The van der Waals surface area contributed by atoms with Crippen molar-refractivity contribution in [3.8, 4) is 11.5 Å². The summed E-state index contributed by atoms with van der Waals surface area (Å²) in [5.74, 6) is 0.827. The molecule has 3 aromatic rings. The Bertz CT molecular complexity index is 855. The van der Waals surface area contributed by atoms with E-state index >= 15 is 0 Å². The van der Waals surface area contributed by atoms with Crippen molar-refractivity contribution in [3.63, 3.8) is 0 Å². The monoisotopic (exact) mass is 305 g/mol. The summed E-state index contributed by atoms with van der Waals surface area (Å²) in [7, 11) is 0. The predicted octanol–water partition coefficient (Wildman–Crippen LogP) is 4.42. The van der Waals surface area contributed by atoms with Gasteiger partial charge in [0.15, 0.2) is 5.58 Å². The average Bonchev–Trinajstić information content (AvgIpc) is 3.34. The Morgan fingerprint density at radius 2 is 1.87 bits per heavy atom. The molecule has 0 saturated heterocycles. The van der Waals surface area contributed by atoms with E-state index < -0.39 is 0 Å². The van der Waals surface area contributed by atoms with E-state index in [2.05, 4.69) is 11.6 Å². The number of carbonyl (C=O) groups excluding carboxylic acids is 1. The number of esters is 1. The molecule has 0 aliphatic heterocycles. The lowest BCUT2D eigenvalue weighted by Crippen LogP contribution is -2.05. The Morgan fingerprint density at radius 1 is 1.13 bits per heavy atom. The van der Waals surface area contributed by atoms with Gasteiger partial charge in [0.05, 0.1) is 5.92 Å². The van der Waals surface area contributed by atoms with Crippen molar-refractivity contribution in [1.29, 1.82) is 0 Å². The Labute approximate surface area is 133 Å². The highest BCUT2D eigenvalue weighted by molar-refractivity contribution is 5.81. The Hall–Kier alpha value is -2.88. The minimum absolute atomic E-state index is 0.0609. The molecule has 4 rings (SSSR count). The molecule has 1 fully saturated rings. The normalized spacial score (nSPS) is 13.9. The van der Waals surface area contributed by atoms with Gasteiger partial charge < -0.3 is 9.15 Å². The highest BCUT2D eigenvalue weighted by atomic mass is 16.5. The van der Waals surface area contributed by atoms with E-state index in [1.165, 1.54) is 0 Å². The zero-order valence-corrected chi connectivity index (χ0v) is 12.5. The second-order valence-electron chi connectivity index (χ2n) is 5.68. The molecular weight excluding hydrogens is 290 g/mol. The van der Waals surface area contributed by atoms with Crippen LogP contribution < -0.4 is 0 Å². The van der Waals surface area contributed by atoms with Gasteiger partial charge in [-0.2, -0.15) is 0 Å². The van der Waals surface area contributed by atoms with Crippen molar-refractivity contribution in [1.82, 2.24) is 4.98 Å². The van der Waals surface area contributed by atoms with Crippen LogP contribution in [-0.2, 0) is 9.53 Å². The van der Waals surface area contributed by atoms with E-state index in [4.69, 9.17) is 9.15 Å². The van der Waals surface area contributed by atoms with Gasteiger partial charge in [0.1, 0.15) is 11.3 Å². The number of fused-ring (bicyclic) bond motifs is 1. The number of nitrogens with zero attached hydrogens (tertiary/aromatic N) is 1. The fourth-order valence-corrected chi connectivity index (χ4v) is 2.38. The van der Waals surface area contributed by atoms with Crippen LogP contribution in [0.4, 0.5) is 0 Å². The van der Waals surface area contributed by atoms with Gasteiger partial charge in [-0.05, 0) is 37.1 Å². The van der Waals surface area contributed by atoms with Crippen molar-refractivity contribution in [2.45, 2.75) is 12.8 Å². The van der Waals surface area contributed by atoms with E-state index in [1.54, 1.807) is 0 Å². The van der Waals surface area contributed by atoms with Gasteiger partial charge >= 0.3 is 5.97 Å². The number of carbonyl (C=O) groups is 1. The zero-order valence-electron chi connectivity index (χ0n) is 12.5. The van der Waals surface area contributed by atoms with Crippen LogP contribution in [0, 0.1) is 5.92 Å². The molecule has 1 saturated carbocycles. The lowest BCUT2D eigenvalue weighted by atomic mass is 10.1. The van der Waals surface area contributed by atoms with Crippen LogP contribution in [0.15, 0.2) is 59.5 Å². The standard InChI is InChI=1S/C19H15NO3/c1-12(22-19(21)15-10-11-15)13-6-8-14(9-7-13)18-20-16-4-2-3-5-17(16)23-18/h2-9,15H,1,10-11H2. The van der Waals surface area contributed by atoms with Crippen molar-refractivity contribution >= 4 is 22.8 Å². The molecule has 4 nitrogen and oxygen atoms in total. The molecule has 0 N–H and O–H groups in total. The highest BCUT2D eigenvalue weighted by Gasteiger charge is 2.31. The summed E-state index contributed by atoms with van der Waals surface area (Å²) in [4.78, 5) is 16.1. The number of hydrogen-bond donors (Lipinski definition) is 0. The summed E-state index contributed by atoms with van der Waals surface area (Å²) < 4.78 is 11.0. The average molecular weight is 305 g/mol. The van der Waals surface area contributed by atoms with Gasteiger partial charge in [-0.3, -0.25) is 4.79 Å². The maximum absolute atomic E-state index is 11.7. The third-order valence-corrected chi connectivity index (χ3v) is 3.88. The molecule has 0 amide bonds. The molecule has 1 aliphatic carbocycles.